The molecule has 6 nitrogen and oxygen atoms in total. The molecule has 1 amide bonds. The number of nitrogens with one attached hydrogen (secondary N) is 1. The van der Waals surface area contributed by atoms with E-state index >= 15 is 0 Å². The van der Waals surface area contributed by atoms with Crippen molar-refractivity contribution in [3.05, 3.63) is 64.4 Å². The van der Waals surface area contributed by atoms with Crippen molar-refractivity contribution in [3.8, 4) is 0 Å². The highest BCUT2D eigenvalue weighted by atomic mass is 79.9. The largest absolute Gasteiger partial charge is 0.391 e. The molecule has 2 fully saturated rings. The smallest absolute Gasteiger partial charge is 0.240 e. The molecular formula is C23H26BrFN2O4S. The van der Waals surface area contributed by atoms with Gasteiger partial charge in [-0.25, -0.2) is 17.5 Å². The summed E-state index contributed by atoms with van der Waals surface area (Å²) in [6, 6.07) is 12.0. The van der Waals surface area contributed by atoms with Gasteiger partial charge in [0, 0.05) is 23.0 Å². The molecule has 2 N–H and O–H groups in total. The maximum Gasteiger partial charge on any atom is 0.240 e. The van der Waals surface area contributed by atoms with Crippen LogP contribution in [0.2, 0.25) is 0 Å². The zero-order valence-electron chi connectivity index (χ0n) is 17.5. The van der Waals surface area contributed by atoms with Crippen molar-refractivity contribution in [3.63, 3.8) is 0 Å². The SMILES string of the molecule is O=C([C@H]1CC[C@H](NS(=O)(=O)c2ccc(Br)cc2)CC1)N1CC(O)C[C@@H]1c1ccc(F)cc1. The monoisotopic (exact) mass is 524 g/mol. The van der Waals surface area contributed by atoms with Gasteiger partial charge in [-0.2, -0.15) is 0 Å². The summed E-state index contributed by atoms with van der Waals surface area (Å²) in [5.41, 5.74) is 0.812. The van der Waals surface area contributed by atoms with Gasteiger partial charge in [0.1, 0.15) is 5.82 Å². The van der Waals surface area contributed by atoms with Crippen molar-refractivity contribution in [2.24, 2.45) is 5.92 Å². The van der Waals surface area contributed by atoms with E-state index in [2.05, 4.69) is 20.7 Å². The van der Waals surface area contributed by atoms with Gasteiger partial charge in [0.15, 0.2) is 0 Å². The van der Waals surface area contributed by atoms with E-state index in [0.717, 1.165) is 10.0 Å². The van der Waals surface area contributed by atoms with Crippen LogP contribution < -0.4 is 4.72 Å². The molecule has 4 rings (SSSR count). The van der Waals surface area contributed by atoms with Gasteiger partial charge in [-0.05, 0) is 74.1 Å². The van der Waals surface area contributed by atoms with Gasteiger partial charge >= 0.3 is 0 Å². The Hall–Kier alpha value is -1.81. The molecule has 2 aromatic carbocycles. The summed E-state index contributed by atoms with van der Waals surface area (Å²) in [6.07, 6.45) is 2.13. The predicted molar refractivity (Wildman–Crippen MR) is 122 cm³/mol. The summed E-state index contributed by atoms with van der Waals surface area (Å²) in [4.78, 5) is 15.2. The number of sulfonamides is 1. The zero-order chi connectivity index (χ0) is 22.9. The topological polar surface area (TPSA) is 86.7 Å². The van der Waals surface area contributed by atoms with E-state index in [9.17, 15) is 22.7 Å². The number of aliphatic hydroxyl groups is 1. The van der Waals surface area contributed by atoms with E-state index in [4.69, 9.17) is 0 Å². The van der Waals surface area contributed by atoms with Crippen LogP contribution in [0.25, 0.3) is 0 Å². The lowest BCUT2D eigenvalue weighted by atomic mass is 9.85. The Bertz CT molecular complexity index is 1050. The fourth-order valence-electron chi connectivity index (χ4n) is 4.65. The molecule has 0 aromatic heterocycles. The fraction of sp³-hybridized carbons (Fsp3) is 0.435. The lowest BCUT2D eigenvalue weighted by Crippen LogP contribution is -2.42. The quantitative estimate of drug-likeness (QED) is 0.623. The molecule has 1 unspecified atom stereocenters. The summed E-state index contributed by atoms with van der Waals surface area (Å²) in [7, 11) is -3.62. The van der Waals surface area contributed by atoms with Crippen LogP contribution in [0.5, 0.6) is 0 Å². The van der Waals surface area contributed by atoms with Crippen LogP contribution in [0.3, 0.4) is 0 Å². The van der Waals surface area contributed by atoms with Crippen LogP contribution in [-0.2, 0) is 14.8 Å². The molecule has 0 bridgehead atoms. The molecule has 1 aliphatic carbocycles. The number of carbonyl (C=O) groups excluding carboxylic acids is 1. The molecule has 1 saturated carbocycles. The van der Waals surface area contributed by atoms with Crippen molar-refractivity contribution < 1.29 is 22.7 Å². The predicted octanol–water partition coefficient (Wildman–Crippen LogP) is 3.76. The highest BCUT2D eigenvalue weighted by molar-refractivity contribution is 9.10. The van der Waals surface area contributed by atoms with E-state index in [1.807, 2.05) is 0 Å². The van der Waals surface area contributed by atoms with Gasteiger partial charge < -0.3 is 10.0 Å². The maximum atomic E-state index is 13.3. The average Bonchev–Trinajstić information content (AvgIpc) is 3.16. The molecule has 9 heteroatoms. The summed E-state index contributed by atoms with van der Waals surface area (Å²) < 4.78 is 42.1. The molecule has 172 valence electrons. The molecule has 2 aromatic rings. The first kappa shape index (κ1) is 23.4. The number of rotatable bonds is 5. The van der Waals surface area contributed by atoms with E-state index in [0.29, 0.717) is 32.1 Å². The average molecular weight is 525 g/mol. The van der Waals surface area contributed by atoms with E-state index < -0.39 is 16.1 Å². The minimum absolute atomic E-state index is 0.0231. The number of nitrogens with zero attached hydrogens (tertiary/aromatic N) is 1. The number of β-amino-alcohol motifs (C(OH)–C–C–N with tert-alkyl or cyclic N) is 1. The van der Waals surface area contributed by atoms with Crippen molar-refractivity contribution in [2.45, 2.75) is 55.2 Å². The lowest BCUT2D eigenvalue weighted by molar-refractivity contribution is -0.138. The molecule has 32 heavy (non-hydrogen) atoms. The van der Waals surface area contributed by atoms with Crippen LogP contribution in [-0.4, -0.2) is 43.0 Å². The van der Waals surface area contributed by atoms with Crippen molar-refractivity contribution >= 4 is 31.9 Å². The van der Waals surface area contributed by atoms with Crippen LogP contribution in [0.1, 0.15) is 43.7 Å². The number of aliphatic hydroxyl groups excluding tert-OH is 1. The summed E-state index contributed by atoms with van der Waals surface area (Å²) in [5.74, 6) is -0.573. The number of hydrogen-bond donors (Lipinski definition) is 2. The van der Waals surface area contributed by atoms with E-state index in [-0.39, 0.29) is 41.2 Å². The summed E-state index contributed by atoms with van der Waals surface area (Å²) >= 11 is 3.30. The highest BCUT2D eigenvalue weighted by Gasteiger charge is 2.39. The van der Waals surface area contributed by atoms with Crippen molar-refractivity contribution in [1.82, 2.24) is 9.62 Å². The second-order valence-corrected chi connectivity index (χ2v) is 11.2. The molecule has 1 aliphatic heterocycles. The van der Waals surface area contributed by atoms with Gasteiger partial charge in [0.05, 0.1) is 17.0 Å². The van der Waals surface area contributed by atoms with Gasteiger partial charge in [-0.15, -0.1) is 0 Å². The number of likely N-dealkylation sites (tertiary alicyclic amines) is 1. The van der Waals surface area contributed by atoms with Gasteiger partial charge in [-0.3, -0.25) is 4.79 Å². The first-order valence-electron chi connectivity index (χ1n) is 10.7. The fourth-order valence-corrected chi connectivity index (χ4v) is 6.22. The Morgan fingerprint density at radius 2 is 1.66 bits per heavy atom. The number of amides is 1. The minimum Gasteiger partial charge on any atom is -0.391 e. The third kappa shape index (κ3) is 5.22. The van der Waals surface area contributed by atoms with Crippen LogP contribution in [0.4, 0.5) is 4.39 Å². The third-order valence-electron chi connectivity index (χ3n) is 6.34. The standard InChI is InChI=1S/C23H26BrFN2O4S/c24-17-5-11-21(12-6-17)32(30,31)26-19-9-3-16(4-10-19)23(29)27-14-20(28)13-22(27)15-1-7-18(25)8-2-15/h1-2,5-8,11-12,16,19-20,22,26,28H,3-4,9-10,13-14H2/t16-,19-,20?,22-/m1/s1. The molecule has 0 radical (unpaired) electrons. The lowest BCUT2D eigenvalue weighted by Gasteiger charge is -2.33. The Morgan fingerprint density at radius 3 is 2.28 bits per heavy atom. The van der Waals surface area contributed by atoms with E-state index in [1.54, 1.807) is 41.3 Å². The second kappa shape index (κ2) is 9.59. The Kier molecular flexibility index (Phi) is 7.00. The molecule has 1 saturated heterocycles. The Labute approximate surface area is 196 Å². The van der Waals surface area contributed by atoms with Crippen LogP contribution in [0, 0.1) is 11.7 Å². The van der Waals surface area contributed by atoms with Gasteiger partial charge in [0.2, 0.25) is 15.9 Å². The zero-order valence-corrected chi connectivity index (χ0v) is 19.9. The first-order valence-corrected chi connectivity index (χ1v) is 13.0. The molecule has 1 heterocycles. The van der Waals surface area contributed by atoms with Gasteiger partial charge in [0.25, 0.3) is 0 Å². The van der Waals surface area contributed by atoms with Crippen molar-refractivity contribution in [2.75, 3.05) is 6.54 Å². The molecule has 2 atom stereocenters. The number of hydrogen-bond acceptors (Lipinski definition) is 4. The number of benzene rings is 2. The van der Waals surface area contributed by atoms with Crippen LogP contribution in [0.15, 0.2) is 57.9 Å². The minimum atomic E-state index is -3.62. The Morgan fingerprint density at radius 1 is 1.03 bits per heavy atom. The summed E-state index contributed by atoms with van der Waals surface area (Å²) in [5, 5.41) is 10.2. The highest BCUT2D eigenvalue weighted by Crippen LogP contribution is 2.36. The molecule has 2 aliphatic rings. The molecule has 0 spiro atoms. The number of carbonyl (C=O) groups is 1. The first-order chi connectivity index (χ1) is 15.2. The molecular weight excluding hydrogens is 499 g/mol. The van der Waals surface area contributed by atoms with Crippen molar-refractivity contribution in [1.29, 1.82) is 0 Å². The third-order valence-corrected chi connectivity index (χ3v) is 8.40. The Balaban J connectivity index is 1.37. The van der Waals surface area contributed by atoms with Gasteiger partial charge in [-0.1, -0.05) is 28.1 Å². The normalized spacial score (nSPS) is 26.3. The van der Waals surface area contributed by atoms with Crippen LogP contribution >= 0.6 is 15.9 Å². The van der Waals surface area contributed by atoms with E-state index in [1.165, 1.54) is 12.1 Å². The second-order valence-electron chi connectivity index (χ2n) is 8.57. The number of halogens is 2. The summed E-state index contributed by atoms with van der Waals surface area (Å²) in [6.45, 7) is 0.261. The maximum absolute atomic E-state index is 13.3.